The second-order valence-corrected chi connectivity index (χ2v) is 8.30. The van der Waals surface area contributed by atoms with Crippen LogP contribution in [0, 0.1) is 0 Å². The summed E-state index contributed by atoms with van der Waals surface area (Å²) < 4.78 is 33.6. The predicted octanol–water partition coefficient (Wildman–Crippen LogP) is 3.69. The molecule has 7 heteroatoms. The fourth-order valence-electron chi connectivity index (χ4n) is 3.21. The Morgan fingerprint density at radius 1 is 1.07 bits per heavy atom. The summed E-state index contributed by atoms with van der Waals surface area (Å²) in [5.74, 6) is 0.263. The van der Waals surface area contributed by atoms with Crippen LogP contribution < -0.4 is 14.4 Å². The molecule has 0 spiro atoms. The van der Waals surface area contributed by atoms with Gasteiger partial charge in [0.25, 0.3) is 10.0 Å². The van der Waals surface area contributed by atoms with Crippen LogP contribution in [0.25, 0.3) is 0 Å². The number of piperidine rings is 1. The van der Waals surface area contributed by atoms with Crippen molar-refractivity contribution in [1.29, 1.82) is 0 Å². The second-order valence-electron chi connectivity index (χ2n) is 6.62. The summed E-state index contributed by atoms with van der Waals surface area (Å²) in [5, 5.41) is 0. The molecule has 6 nitrogen and oxygen atoms in total. The summed E-state index contributed by atoms with van der Waals surface area (Å²) in [7, 11) is -2.35. The van der Waals surface area contributed by atoms with Crippen LogP contribution in [0.4, 0.5) is 11.4 Å². The van der Waals surface area contributed by atoms with Crippen LogP contribution in [0.5, 0.6) is 5.75 Å². The maximum Gasteiger partial charge on any atom is 0.262 e. The van der Waals surface area contributed by atoms with E-state index in [2.05, 4.69) is 9.62 Å². The van der Waals surface area contributed by atoms with Crippen LogP contribution in [0.1, 0.15) is 36.5 Å². The van der Waals surface area contributed by atoms with Gasteiger partial charge in [0.15, 0.2) is 5.78 Å². The lowest BCUT2D eigenvalue weighted by molar-refractivity contribution is 0.101. The number of benzene rings is 2. The number of carbonyl (C=O) groups is 1. The molecule has 1 aliphatic heterocycles. The quantitative estimate of drug-likeness (QED) is 0.764. The standard InChI is InChI=1S/C20H24N2O4S/c1-15(23)16-7-6-8-18(13-16)27(24,25)21-19-14-17(9-10-20(19)26-2)22-11-4-3-5-12-22/h6-10,13-14,21H,3-5,11-12H2,1-2H3. The van der Waals surface area contributed by atoms with E-state index in [0.29, 0.717) is 17.0 Å². The Morgan fingerprint density at radius 2 is 1.81 bits per heavy atom. The first-order valence-corrected chi connectivity index (χ1v) is 10.5. The van der Waals surface area contributed by atoms with Gasteiger partial charge in [-0.3, -0.25) is 9.52 Å². The van der Waals surface area contributed by atoms with E-state index in [4.69, 9.17) is 4.74 Å². The Balaban J connectivity index is 1.93. The average Bonchev–Trinajstić information content (AvgIpc) is 2.68. The van der Waals surface area contributed by atoms with Crippen molar-refractivity contribution in [3.8, 4) is 5.75 Å². The SMILES string of the molecule is COc1ccc(N2CCCCC2)cc1NS(=O)(=O)c1cccc(C(C)=O)c1. The van der Waals surface area contributed by atoms with Crippen molar-refractivity contribution in [2.75, 3.05) is 29.8 Å². The Bertz CT molecular complexity index is 935. The normalized spacial score (nSPS) is 14.7. The number of ether oxygens (including phenoxy) is 1. The van der Waals surface area contributed by atoms with Gasteiger partial charge in [-0.1, -0.05) is 12.1 Å². The number of nitrogens with zero attached hydrogens (tertiary/aromatic N) is 1. The van der Waals surface area contributed by atoms with Gasteiger partial charge < -0.3 is 9.64 Å². The molecule has 27 heavy (non-hydrogen) atoms. The van der Waals surface area contributed by atoms with Crippen LogP contribution in [0.2, 0.25) is 0 Å². The van der Waals surface area contributed by atoms with Gasteiger partial charge in [-0.25, -0.2) is 8.42 Å². The van der Waals surface area contributed by atoms with Gasteiger partial charge in [-0.05, 0) is 56.5 Å². The first kappa shape index (κ1) is 19.2. The number of rotatable bonds is 6. The number of hydrogen-bond acceptors (Lipinski definition) is 5. The summed E-state index contributed by atoms with van der Waals surface area (Å²) in [4.78, 5) is 13.9. The molecule has 0 unspecified atom stereocenters. The largest absolute Gasteiger partial charge is 0.495 e. The van der Waals surface area contributed by atoms with E-state index in [0.717, 1.165) is 31.6 Å². The molecule has 0 amide bonds. The topological polar surface area (TPSA) is 75.7 Å². The Labute approximate surface area is 160 Å². The highest BCUT2D eigenvalue weighted by molar-refractivity contribution is 7.92. The van der Waals surface area contributed by atoms with Gasteiger partial charge in [-0.2, -0.15) is 0 Å². The van der Waals surface area contributed by atoms with E-state index in [9.17, 15) is 13.2 Å². The molecule has 0 saturated carbocycles. The van der Waals surface area contributed by atoms with Crippen LogP contribution in [-0.4, -0.2) is 34.4 Å². The zero-order chi connectivity index (χ0) is 19.4. The maximum atomic E-state index is 12.8. The smallest absolute Gasteiger partial charge is 0.262 e. The molecule has 0 radical (unpaired) electrons. The van der Waals surface area contributed by atoms with E-state index in [1.165, 1.54) is 32.6 Å². The highest BCUT2D eigenvalue weighted by Crippen LogP contribution is 2.32. The Kier molecular flexibility index (Phi) is 5.70. The first-order valence-electron chi connectivity index (χ1n) is 8.97. The molecule has 1 N–H and O–H groups in total. The van der Waals surface area contributed by atoms with Crippen molar-refractivity contribution in [1.82, 2.24) is 0 Å². The molecule has 2 aromatic rings. The van der Waals surface area contributed by atoms with Crippen molar-refractivity contribution in [2.24, 2.45) is 0 Å². The molecule has 0 aromatic heterocycles. The third-order valence-corrected chi connectivity index (χ3v) is 6.06. The number of anilines is 2. The minimum atomic E-state index is -3.85. The summed E-state index contributed by atoms with van der Waals surface area (Å²) in [6.07, 6.45) is 3.48. The van der Waals surface area contributed by atoms with Crippen molar-refractivity contribution in [3.63, 3.8) is 0 Å². The lowest BCUT2D eigenvalue weighted by Crippen LogP contribution is -2.29. The van der Waals surface area contributed by atoms with Crippen LogP contribution in [0.3, 0.4) is 0 Å². The average molecular weight is 388 g/mol. The number of hydrogen-bond donors (Lipinski definition) is 1. The molecule has 1 heterocycles. The van der Waals surface area contributed by atoms with E-state index >= 15 is 0 Å². The molecule has 0 atom stereocenters. The number of sulfonamides is 1. The minimum absolute atomic E-state index is 0.0422. The highest BCUT2D eigenvalue weighted by atomic mass is 32.2. The second kappa shape index (κ2) is 8.00. The van der Waals surface area contributed by atoms with Crippen molar-refractivity contribution in [3.05, 3.63) is 48.0 Å². The highest BCUT2D eigenvalue weighted by Gasteiger charge is 2.19. The number of ketones is 1. The van der Waals surface area contributed by atoms with Crippen LogP contribution in [0.15, 0.2) is 47.4 Å². The van der Waals surface area contributed by atoms with E-state index < -0.39 is 10.0 Å². The van der Waals surface area contributed by atoms with Gasteiger partial charge in [0, 0.05) is 24.3 Å². The van der Waals surface area contributed by atoms with Gasteiger partial charge in [0.1, 0.15) is 5.75 Å². The van der Waals surface area contributed by atoms with Gasteiger partial charge in [0.2, 0.25) is 0 Å². The minimum Gasteiger partial charge on any atom is -0.495 e. The van der Waals surface area contributed by atoms with Crippen LogP contribution in [-0.2, 0) is 10.0 Å². The molecule has 1 aliphatic rings. The first-order chi connectivity index (χ1) is 12.9. The van der Waals surface area contributed by atoms with Crippen molar-refractivity contribution < 1.29 is 17.9 Å². The Morgan fingerprint density at radius 3 is 2.48 bits per heavy atom. The molecule has 1 fully saturated rings. The molecule has 3 rings (SSSR count). The fraction of sp³-hybridized carbons (Fsp3) is 0.350. The molecule has 1 saturated heterocycles. The van der Waals surface area contributed by atoms with Crippen molar-refractivity contribution in [2.45, 2.75) is 31.1 Å². The summed E-state index contributed by atoms with van der Waals surface area (Å²) in [6.45, 7) is 3.32. The fourth-order valence-corrected chi connectivity index (χ4v) is 4.32. The number of Topliss-reactive ketones (excluding diaryl/α,β-unsaturated/α-hetero) is 1. The van der Waals surface area contributed by atoms with Gasteiger partial charge in [0.05, 0.1) is 17.7 Å². The van der Waals surface area contributed by atoms with Crippen LogP contribution >= 0.6 is 0 Å². The molecular formula is C20H24N2O4S. The molecule has 2 aromatic carbocycles. The van der Waals surface area contributed by atoms with E-state index in [1.807, 2.05) is 6.07 Å². The molecule has 0 aliphatic carbocycles. The van der Waals surface area contributed by atoms with E-state index in [-0.39, 0.29) is 10.7 Å². The number of methoxy groups -OCH3 is 1. The molecule has 0 bridgehead atoms. The van der Waals surface area contributed by atoms with Crippen molar-refractivity contribution >= 4 is 27.2 Å². The molecular weight excluding hydrogens is 364 g/mol. The lowest BCUT2D eigenvalue weighted by Gasteiger charge is -2.29. The third-order valence-electron chi connectivity index (χ3n) is 4.70. The van der Waals surface area contributed by atoms with Gasteiger partial charge >= 0.3 is 0 Å². The maximum absolute atomic E-state index is 12.8. The molecule has 144 valence electrons. The van der Waals surface area contributed by atoms with Gasteiger partial charge in [-0.15, -0.1) is 0 Å². The summed E-state index contributed by atoms with van der Waals surface area (Å²) in [6, 6.07) is 11.5. The zero-order valence-electron chi connectivity index (χ0n) is 15.6. The summed E-state index contributed by atoms with van der Waals surface area (Å²) in [5.41, 5.74) is 1.70. The van der Waals surface area contributed by atoms with E-state index in [1.54, 1.807) is 24.3 Å². The summed E-state index contributed by atoms with van der Waals surface area (Å²) >= 11 is 0. The lowest BCUT2D eigenvalue weighted by atomic mass is 10.1. The third kappa shape index (κ3) is 4.42. The number of carbonyl (C=O) groups excluding carboxylic acids is 1. The number of nitrogens with one attached hydrogen (secondary N) is 1. The predicted molar refractivity (Wildman–Crippen MR) is 106 cm³/mol. The monoisotopic (exact) mass is 388 g/mol. The zero-order valence-corrected chi connectivity index (χ0v) is 16.4. The Hall–Kier alpha value is -2.54.